The van der Waals surface area contributed by atoms with Gasteiger partial charge in [0.2, 0.25) is 5.82 Å². The van der Waals surface area contributed by atoms with Crippen LogP contribution in [-0.4, -0.2) is 41.9 Å². The van der Waals surface area contributed by atoms with Gasteiger partial charge in [0.25, 0.3) is 0 Å². The topological polar surface area (TPSA) is 73.4 Å². The summed E-state index contributed by atoms with van der Waals surface area (Å²) >= 11 is 0. The summed E-state index contributed by atoms with van der Waals surface area (Å²) in [5.41, 5.74) is -1.99. The quantitative estimate of drug-likeness (QED) is 0.394. The molecule has 0 amide bonds. The Hall–Kier alpha value is -3.21. The van der Waals surface area contributed by atoms with E-state index in [0.717, 1.165) is 20.1 Å². The van der Waals surface area contributed by atoms with Crippen molar-refractivity contribution in [3.8, 4) is 5.75 Å². The lowest BCUT2D eigenvalue weighted by Gasteiger charge is -2.32. The number of halogens is 5. The summed E-state index contributed by atoms with van der Waals surface area (Å²) in [5, 5.41) is 0. The van der Waals surface area contributed by atoms with E-state index in [9.17, 15) is 26.7 Å². The number of carbonyl (C=O) groups excluding carboxylic acids is 1. The van der Waals surface area contributed by atoms with Gasteiger partial charge in [-0.3, -0.25) is 0 Å². The average Bonchev–Trinajstić information content (AvgIpc) is 3.34. The molecule has 182 valence electrons. The third-order valence-electron chi connectivity index (χ3n) is 6.52. The molecule has 1 fully saturated rings. The number of carbonyl (C=O) groups is 1. The minimum absolute atomic E-state index is 0.000484. The van der Waals surface area contributed by atoms with Crippen molar-refractivity contribution in [2.24, 2.45) is 5.92 Å². The normalized spacial score (nSPS) is 25.0. The van der Waals surface area contributed by atoms with Crippen molar-refractivity contribution in [2.45, 2.75) is 37.6 Å². The van der Waals surface area contributed by atoms with Crippen LogP contribution in [0.5, 0.6) is 5.75 Å². The van der Waals surface area contributed by atoms with Crippen molar-refractivity contribution in [3.05, 3.63) is 58.9 Å². The molecule has 2 aromatic carbocycles. The molecule has 0 saturated carbocycles. The highest BCUT2D eigenvalue weighted by molar-refractivity contribution is 6.01. The van der Waals surface area contributed by atoms with E-state index in [1.807, 2.05) is 0 Å². The van der Waals surface area contributed by atoms with Crippen LogP contribution in [0.2, 0.25) is 0 Å². The highest BCUT2D eigenvalue weighted by Gasteiger charge is 2.65. The largest absolute Gasteiger partial charge is 0.493 e. The second-order valence-electron chi connectivity index (χ2n) is 8.26. The molecule has 34 heavy (non-hydrogen) atoms. The van der Waals surface area contributed by atoms with Crippen LogP contribution in [0.15, 0.2) is 30.3 Å². The van der Waals surface area contributed by atoms with Gasteiger partial charge < -0.3 is 19.2 Å². The molecule has 0 aliphatic carbocycles. The first-order valence-electron chi connectivity index (χ1n) is 10.3. The smallest absolute Gasteiger partial charge is 0.417 e. The number of hydrogen-bond acceptors (Lipinski definition) is 5. The Kier molecular flexibility index (Phi) is 5.79. The molecule has 1 N–H and O–H groups in total. The Bertz CT molecular complexity index is 1260. The molecule has 4 rings (SSSR count). The Morgan fingerprint density at radius 1 is 1.18 bits per heavy atom. The number of imidazole rings is 1. The van der Waals surface area contributed by atoms with E-state index in [1.165, 1.54) is 26.2 Å². The Morgan fingerprint density at radius 3 is 2.50 bits per heavy atom. The van der Waals surface area contributed by atoms with E-state index >= 15 is 0 Å². The number of para-hydroxylation sites is 1. The van der Waals surface area contributed by atoms with E-state index in [0.29, 0.717) is 5.52 Å². The van der Waals surface area contributed by atoms with Crippen molar-refractivity contribution in [1.29, 1.82) is 0 Å². The molecule has 2 heterocycles. The first-order valence-corrected chi connectivity index (χ1v) is 10.3. The zero-order valence-corrected chi connectivity index (χ0v) is 18.6. The van der Waals surface area contributed by atoms with Gasteiger partial charge in [-0.1, -0.05) is 19.1 Å². The summed E-state index contributed by atoms with van der Waals surface area (Å²) in [5.74, 6) is -6.09. The molecule has 0 bridgehead atoms. The van der Waals surface area contributed by atoms with Gasteiger partial charge in [-0.15, -0.1) is 0 Å². The zero-order valence-electron chi connectivity index (χ0n) is 18.6. The maximum atomic E-state index is 14.5. The summed E-state index contributed by atoms with van der Waals surface area (Å²) in [6.45, 7) is 2.22. The van der Waals surface area contributed by atoms with Crippen LogP contribution in [0.4, 0.5) is 22.0 Å². The van der Waals surface area contributed by atoms with Crippen molar-refractivity contribution < 1.29 is 41.0 Å². The van der Waals surface area contributed by atoms with Gasteiger partial charge in [-0.25, -0.2) is 14.2 Å². The molecule has 0 unspecified atom stereocenters. The molecule has 3 aromatic rings. The van der Waals surface area contributed by atoms with Crippen molar-refractivity contribution in [2.75, 3.05) is 14.2 Å². The molecule has 1 aromatic heterocycles. The number of fused-ring (bicyclic) bond motifs is 1. The number of nitrogens with zero attached hydrogens (tertiary/aromatic N) is 1. The lowest BCUT2D eigenvalue weighted by atomic mass is 9.77. The first kappa shape index (κ1) is 23.9. The number of hydrogen-bond donors (Lipinski definition) is 1. The summed E-state index contributed by atoms with van der Waals surface area (Å²) < 4.78 is 86.2. The van der Waals surface area contributed by atoms with Crippen LogP contribution >= 0.6 is 0 Å². The monoisotopic (exact) mass is 484 g/mol. The second-order valence-corrected chi connectivity index (χ2v) is 8.26. The molecule has 11 heteroatoms. The SMILES string of the molecule is COC(=O)c1cccc2[nH]c([C@H]3O[C@@](C)(C(F)(F)F)[C@@H](C)[C@H]3c3ccc(F)c(F)c3OC)nc12. The number of nitrogens with one attached hydrogen (secondary N) is 1. The highest BCUT2D eigenvalue weighted by atomic mass is 19.4. The molecule has 1 aliphatic heterocycles. The van der Waals surface area contributed by atoms with E-state index in [2.05, 4.69) is 9.97 Å². The minimum Gasteiger partial charge on any atom is -0.493 e. The number of rotatable bonds is 4. The van der Waals surface area contributed by atoms with Crippen LogP contribution in [0.1, 0.15) is 47.6 Å². The van der Waals surface area contributed by atoms with Gasteiger partial charge in [-0.05, 0) is 25.1 Å². The van der Waals surface area contributed by atoms with Gasteiger partial charge in [0.05, 0.1) is 25.3 Å². The van der Waals surface area contributed by atoms with Crippen LogP contribution in [0.25, 0.3) is 11.0 Å². The number of alkyl halides is 3. The summed E-state index contributed by atoms with van der Waals surface area (Å²) in [6, 6.07) is 6.62. The van der Waals surface area contributed by atoms with Crippen LogP contribution < -0.4 is 4.74 Å². The lowest BCUT2D eigenvalue weighted by molar-refractivity contribution is -0.275. The summed E-state index contributed by atoms with van der Waals surface area (Å²) in [4.78, 5) is 19.4. The molecule has 6 nitrogen and oxygen atoms in total. The lowest BCUT2D eigenvalue weighted by Crippen LogP contribution is -2.46. The molecule has 4 atom stereocenters. The van der Waals surface area contributed by atoms with Crippen LogP contribution in [-0.2, 0) is 9.47 Å². The maximum Gasteiger partial charge on any atom is 0.417 e. The van der Waals surface area contributed by atoms with Crippen molar-refractivity contribution >= 4 is 17.0 Å². The number of H-pyrrole nitrogens is 1. The number of aromatic nitrogens is 2. The zero-order chi connectivity index (χ0) is 25.0. The maximum absolute atomic E-state index is 14.5. The van der Waals surface area contributed by atoms with Gasteiger partial charge in [0, 0.05) is 17.4 Å². The van der Waals surface area contributed by atoms with E-state index in [1.54, 1.807) is 12.1 Å². The average molecular weight is 484 g/mol. The minimum atomic E-state index is -4.78. The van der Waals surface area contributed by atoms with Crippen LogP contribution in [0.3, 0.4) is 0 Å². The van der Waals surface area contributed by atoms with Gasteiger partial charge in [0.1, 0.15) is 17.4 Å². The first-order chi connectivity index (χ1) is 15.9. The number of aromatic amines is 1. The molecule has 0 radical (unpaired) electrons. The van der Waals surface area contributed by atoms with E-state index in [-0.39, 0.29) is 22.5 Å². The molecule has 0 spiro atoms. The van der Waals surface area contributed by atoms with Gasteiger partial charge in [-0.2, -0.15) is 17.6 Å². The Morgan fingerprint density at radius 2 is 1.88 bits per heavy atom. The standard InChI is InChI=1S/C23H21F5N2O4/c1-10-15(11-8-9-13(24)16(25)18(11)32-3)19(34-22(10,2)23(26,27)28)20-29-14-7-5-6-12(17(14)30-20)21(31)33-4/h5-10,15,19H,1-4H3,(H,29,30)/t10-,15-,19-,22+/m0/s1. The van der Waals surface area contributed by atoms with Crippen molar-refractivity contribution in [1.82, 2.24) is 9.97 Å². The number of ether oxygens (including phenoxy) is 3. The van der Waals surface area contributed by atoms with E-state index in [4.69, 9.17) is 14.2 Å². The van der Waals surface area contributed by atoms with Gasteiger partial charge in [0.15, 0.2) is 17.2 Å². The van der Waals surface area contributed by atoms with Crippen molar-refractivity contribution in [3.63, 3.8) is 0 Å². The molecular formula is C23H21F5N2O4. The third kappa shape index (κ3) is 3.49. The second kappa shape index (κ2) is 8.23. The predicted octanol–water partition coefficient (Wildman–Crippen LogP) is 5.45. The fourth-order valence-corrected chi connectivity index (χ4v) is 4.51. The fourth-order valence-electron chi connectivity index (χ4n) is 4.51. The van der Waals surface area contributed by atoms with Gasteiger partial charge >= 0.3 is 12.1 Å². The molecular weight excluding hydrogens is 463 g/mol. The molecule has 1 saturated heterocycles. The predicted molar refractivity (Wildman–Crippen MR) is 111 cm³/mol. The third-order valence-corrected chi connectivity index (χ3v) is 6.52. The fraction of sp³-hybridized carbons (Fsp3) is 0.391. The summed E-state index contributed by atoms with van der Waals surface area (Å²) in [6.07, 6.45) is -6.13. The van der Waals surface area contributed by atoms with Crippen LogP contribution in [0, 0.1) is 17.6 Å². The summed E-state index contributed by atoms with van der Waals surface area (Å²) in [7, 11) is 2.29. The molecule has 1 aliphatic rings. The number of esters is 1. The number of methoxy groups -OCH3 is 2. The number of benzene rings is 2. The highest BCUT2D eigenvalue weighted by Crippen LogP contribution is 2.59. The van der Waals surface area contributed by atoms with E-state index < -0.39 is 53.1 Å². The Labute approximate surface area is 191 Å². The Balaban J connectivity index is 1.93.